The molecule has 0 radical (unpaired) electrons. The highest BCUT2D eigenvalue weighted by Crippen LogP contribution is 2.35. The molecule has 0 spiro atoms. The summed E-state index contributed by atoms with van der Waals surface area (Å²) < 4.78 is 1.14. The molecule has 130 valence electrons. The molecule has 0 saturated heterocycles. The Morgan fingerprint density at radius 1 is 0.667 bits per heavy atom. The molecular weight excluding hydrogens is 396 g/mol. The Bertz CT molecular complexity index is 1260. The van der Waals surface area contributed by atoms with E-state index >= 15 is 0 Å². The zero-order chi connectivity index (χ0) is 18.2. The van der Waals surface area contributed by atoms with Crippen molar-refractivity contribution in [2.45, 2.75) is 0 Å². The van der Waals surface area contributed by atoms with Gasteiger partial charge in [0.25, 0.3) is 0 Å². The van der Waals surface area contributed by atoms with Gasteiger partial charge in [-0.2, -0.15) is 0 Å². The molecule has 0 atom stereocenters. The van der Waals surface area contributed by atoms with Gasteiger partial charge in [0.1, 0.15) is 0 Å². The molecule has 3 heteroatoms. The van der Waals surface area contributed by atoms with E-state index in [0.717, 1.165) is 21.4 Å². The van der Waals surface area contributed by atoms with Gasteiger partial charge in [0, 0.05) is 32.9 Å². The number of hydrogen-bond donors (Lipinski definition) is 2. The van der Waals surface area contributed by atoms with Crippen LogP contribution in [0.25, 0.3) is 32.8 Å². The summed E-state index contributed by atoms with van der Waals surface area (Å²) in [5, 5.41) is 7.13. The van der Waals surface area contributed by atoms with Crippen molar-refractivity contribution in [1.82, 2.24) is 4.98 Å². The maximum Gasteiger partial charge on any atom is 0.0471 e. The van der Waals surface area contributed by atoms with Crippen LogP contribution >= 0.6 is 15.9 Å². The first-order valence-corrected chi connectivity index (χ1v) is 9.69. The first-order chi connectivity index (χ1) is 13.3. The van der Waals surface area contributed by atoms with Crippen LogP contribution in [0.15, 0.2) is 95.6 Å². The predicted octanol–water partition coefficient (Wildman–Crippen LogP) is 7.49. The second-order valence-electron chi connectivity index (χ2n) is 6.64. The van der Waals surface area contributed by atoms with Crippen LogP contribution < -0.4 is 5.32 Å². The van der Waals surface area contributed by atoms with E-state index in [0.29, 0.717) is 0 Å². The highest BCUT2D eigenvalue weighted by Gasteiger charge is 2.08. The average molecular weight is 413 g/mol. The topological polar surface area (TPSA) is 27.8 Å². The van der Waals surface area contributed by atoms with Crippen molar-refractivity contribution in [2.24, 2.45) is 0 Å². The lowest BCUT2D eigenvalue weighted by Crippen LogP contribution is -1.90. The maximum atomic E-state index is 3.76. The SMILES string of the molecule is Brc1c2ccc(-c3cccc(Nc4ccccc4)c3)cc2cc2[nH]ccc12. The van der Waals surface area contributed by atoms with Gasteiger partial charge in [-0.15, -0.1) is 0 Å². The summed E-state index contributed by atoms with van der Waals surface area (Å²) in [7, 11) is 0. The van der Waals surface area contributed by atoms with E-state index in [1.54, 1.807) is 0 Å². The van der Waals surface area contributed by atoms with Gasteiger partial charge in [-0.25, -0.2) is 0 Å². The van der Waals surface area contributed by atoms with Crippen LogP contribution in [-0.2, 0) is 0 Å². The molecule has 2 nitrogen and oxygen atoms in total. The molecule has 27 heavy (non-hydrogen) atoms. The van der Waals surface area contributed by atoms with Gasteiger partial charge in [-0.05, 0) is 80.3 Å². The van der Waals surface area contributed by atoms with Crippen LogP contribution in [0.5, 0.6) is 0 Å². The van der Waals surface area contributed by atoms with E-state index in [4.69, 9.17) is 0 Å². The molecule has 1 heterocycles. The Labute approximate surface area is 166 Å². The fourth-order valence-corrected chi connectivity index (χ4v) is 4.23. The Balaban J connectivity index is 1.57. The first-order valence-electron chi connectivity index (χ1n) is 8.90. The number of aromatic nitrogens is 1. The third-order valence-corrected chi connectivity index (χ3v) is 5.72. The molecule has 5 rings (SSSR count). The zero-order valence-electron chi connectivity index (χ0n) is 14.5. The van der Waals surface area contributed by atoms with Crippen molar-refractivity contribution in [3.63, 3.8) is 0 Å². The van der Waals surface area contributed by atoms with Gasteiger partial charge in [0.05, 0.1) is 0 Å². The molecule has 0 unspecified atom stereocenters. The normalized spacial score (nSPS) is 11.1. The number of fused-ring (bicyclic) bond motifs is 2. The maximum absolute atomic E-state index is 3.76. The molecule has 0 amide bonds. The average Bonchev–Trinajstić information content (AvgIpc) is 3.18. The summed E-state index contributed by atoms with van der Waals surface area (Å²) in [4.78, 5) is 3.31. The fraction of sp³-hybridized carbons (Fsp3) is 0. The highest BCUT2D eigenvalue weighted by atomic mass is 79.9. The van der Waals surface area contributed by atoms with Crippen molar-refractivity contribution in [2.75, 3.05) is 5.32 Å². The van der Waals surface area contributed by atoms with Gasteiger partial charge < -0.3 is 10.3 Å². The minimum Gasteiger partial charge on any atom is -0.361 e. The van der Waals surface area contributed by atoms with Crippen molar-refractivity contribution in [1.29, 1.82) is 0 Å². The van der Waals surface area contributed by atoms with Crippen LogP contribution in [-0.4, -0.2) is 4.98 Å². The molecule has 0 fully saturated rings. The Kier molecular flexibility index (Phi) is 3.95. The van der Waals surface area contributed by atoms with Gasteiger partial charge in [-0.3, -0.25) is 0 Å². The quantitative estimate of drug-likeness (QED) is 0.315. The van der Waals surface area contributed by atoms with Crippen LogP contribution in [0, 0.1) is 0 Å². The third kappa shape index (κ3) is 3.00. The fourth-order valence-electron chi connectivity index (χ4n) is 3.52. The highest BCUT2D eigenvalue weighted by molar-refractivity contribution is 9.10. The van der Waals surface area contributed by atoms with Gasteiger partial charge in [0.15, 0.2) is 0 Å². The van der Waals surface area contributed by atoms with Gasteiger partial charge in [0.2, 0.25) is 0 Å². The number of halogens is 1. The lowest BCUT2D eigenvalue weighted by Gasteiger charge is -2.10. The monoisotopic (exact) mass is 412 g/mol. The van der Waals surface area contributed by atoms with Crippen molar-refractivity contribution >= 4 is 49.0 Å². The van der Waals surface area contributed by atoms with E-state index in [2.05, 4.69) is 93.0 Å². The number of nitrogens with one attached hydrogen (secondary N) is 2. The van der Waals surface area contributed by atoms with E-state index in [-0.39, 0.29) is 0 Å². The Morgan fingerprint density at radius 2 is 1.48 bits per heavy atom. The van der Waals surface area contributed by atoms with E-state index in [1.807, 2.05) is 24.4 Å². The zero-order valence-corrected chi connectivity index (χ0v) is 16.1. The molecule has 1 aromatic heterocycles. The number of aromatic amines is 1. The first kappa shape index (κ1) is 16.2. The van der Waals surface area contributed by atoms with E-state index < -0.39 is 0 Å². The van der Waals surface area contributed by atoms with Crippen molar-refractivity contribution < 1.29 is 0 Å². The Morgan fingerprint density at radius 3 is 2.37 bits per heavy atom. The lowest BCUT2D eigenvalue weighted by molar-refractivity contribution is 1.48. The molecule has 2 N–H and O–H groups in total. The van der Waals surface area contributed by atoms with Crippen LogP contribution in [0.1, 0.15) is 0 Å². The molecule has 0 aliphatic carbocycles. The number of anilines is 2. The summed E-state index contributed by atoms with van der Waals surface area (Å²) in [6.45, 7) is 0. The number of para-hydroxylation sites is 1. The third-order valence-electron chi connectivity index (χ3n) is 4.86. The number of rotatable bonds is 3. The molecule has 0 aliphatic rings. The van der Waals surface area contributed by atoms with Crippen LogP contribution in [0.3, 0.4) is 0 Å². The van der Waals surface area contributed by atoms with Gasteiger partial charge >= 0.3 is 0 Å². The summed E-state index contributed by atoms with van der Waals surface area (Å²) >= 11 is 3.76. The summed E-state index contributed by atoms with van der Waals surface area (Å²) in [5.41, 5.74) is 5.72. The number of H-pyrrole nitrogens is 1. The molecule has 0 saturated carbocycles. The summed E-state index contributed by atoms with van der Waals surface area (Å²) in [5.74, 6) is 0. The molecule has 0 aliphatic heterocycles. The van der Waals surface area contributed by atoms with Crippen molar-refractivity contribution in [3.8, 4) is 11.1 Å². The summed E-state index contributed by atoms with van der Waals surface area (Å²) in [6.07, 6.45) is 1.98. The van der Waals surface area contributed by atoms with Crippen molar-refractivity contribution in [3.05, 3.63) is 95.6 Å². The second kappa shape index (κ2) is 6.60. The minimum absolute atomic E-state index is 1.08. The number of benzene rings is 4. The standard InChI is InChI=1S/C24H17BrN2/c25-24-21-10-9-17(13-18(21)15-23-22(24)11-12-26-23)16-5-4-8-20(14-16)27-19-6-2-1-3-7-19/h1-15,26-27H. The smallest absolute Gasteiger partial charge is 0.0471 e. The second-order valence-corrected chi connectivity index (χ2v) is 7.43. The lowest BCUT2D eigenvalue weighted by atomic mass is 10.00. The molecule has 0 bridgehead atoms. The summed E-state index contributed by atoms with van der Waals surface area (Å²) in [6, 6.07) is 29.7. The predicted molar refractivity (Wildman–Crippen MR) is 119 cm³/mol. The number of hydrogen-bond acceptors (Lipinski definition) is 1. The van der Waals surface area contributed by atoms with E-state index in [9.17, 15) is 0 Å². The Hall–Kier alpha value is -3.04. The minimum atomic E-state index is 1.08. The largest absolute Gasteiger partial charge is 0.361 e. The molecular formula is C24H17BrN2. The van der Waals surface area contributed by atoms with E-state index in [1.165, 1.54) is 27.3 Å². The van der Waals surface area contributed by atoms with Crippen LogP contribution in [0.4, 0.5) is 11.4 Å². The van der Waals surface area contributed by atoms with Crippen LogP contribution in [0.2, 0.25) is 0 Å². The molecule has 4 aromatic carbocycles. The van der Waals surface area contributed by atoms with Gasteiger partial charge in [-0.1, -0.05) is 42.5 Å². The molecule has 5 aromatic rings.